The quantitative estimate of drug-likeness (QED) is 0.398. The molecule has 0 aromatic carbocycles. The molecule has 4 nitrogen and oxygen atoms in total. The van der Waals surface area contributed by atoms with Gasteiger partial charge in [-0.25, -0.2) is 0 Å². The first-order valence-electron chi connectivity index (χ1n) is 5.81. The number of nitrogens with zero attached hydrogens (tertiary/aromatic N) is 2. The van der Waals surface area contributed by atoms with E-state index in [0.717, 1.165) is 25.0 Å². The summed E-state index contributed by atoms with van der Waals surface area (Å²) in [5.74, 6) is 0. The van der Waals surface area contributed by atoms with Crippen molar-refractivity contribution in [1.29, 1.82) is 5.53 Å². The first kappa shape index (κ1) is 15.1. The van der Waals surface area contributed by atoms with Crippen molar-refractivity contribution in [3.05, 3.63) is 11.8 Å². The number of nitrogens with one attached hydrogen (secondary N) is 1. The fourth-order valence-electron chi connectivity index (χ4n) is 1.37. The molecule has 0 aliphatic heterocycles. The third-order valence-corrected chi connectivity index (χ3v) is 2.31. The summed E-state index contributed by atoms with van der Waals surface area (Å²) in [4.78, 5) is 0. The molecular formula is C12H25N3O. The van der Waals surface area contributed by atoms with Crippen molar-refractivity contribution in [1.82, 2.24) is 5.01 Å². The highest BCUT2D eigenvalue weighted by molar-refractivity contribution is 4.96. The molecule has 0 atom stereocenters. The molecule has 0 rings (SSSR count). The van der Waals surface area contributed by atoms with E-state index in [0.29, 0.717) is 5.41 Å². The van der Waals surface area contributed by atoms with Gasteiger partial charge < -0.3 is 5.11 Å². The smallest absolute Gasteiger partial charge is 0.0656 e. The lowest BCUT2D eigenvalue weighted by Gasteiger charge is -2.19. The van der Waals surface area contributed by atoms with Crippen LogP contribution in [-0.2, 0) is 0 Å². The molecule has 0 spiro atoms. The first-order chi connectivity index (χ1) is 7.39. The molecule has 0 unspecified atom stereocenters. The number of rotatable bonds is 7. The zero-order chi connectivity index (χ0) is 12.6. The van der Waals surface area contributed by atoms with Crippen molar-refractivity contribution in [2.45, 2.75) is 47.0 Å². The van der Waals surface area contributed by atoms with Gasteiger partial charge in [-0.15, -0.1) is 0 Å². The molecule has 2 N–H and O–H groups in total. The van der Waals surface area contributed by atoms with Gasteiger partial charge in [0, 0.05) is 12.7 Å². The molecule has 0 saturated heterocycles. The second kappa shape index (κ2) is 7.39. The number of hydrogen-bond donors (Lipinski definition) is 2. The molecular weight excluding hydrogens is 202 g/mol. The Labute approximate surface area is 98.8 Å². The normalized spacial score (nSPS) is 12.7. The molecule has 16 heavy (non-hydrogen) atoms. The lowest BCUT2D eigenvalue weighted by atomic mass is 9.90. The van der Waals surface area contributed by atoms with E-state index in [-0.39, 0.29) is 6.61 Å². The Kier molecular flexibility index (Phi) is 6.97. The van der Waals surface area contributed by atoms with Gasteiger partial charge in [0.2, 0.25) is 0 Å². The van der Waals surface area contributed by atoms with E-state index in [1.807, 2.05) is 6.92 Å². The number of aliphatic hydroxyl groups is 1. The number of aliphatic hydroxyl groups excluding tert-OH is 1. The van der Waals surface area contributed by atoms with Gasteiger partial charge >= 0.3 is 0 Å². The molecule has 0 amide bonds. The van der Waals surface area contributed by atoms with Crippen molar-refractivity contribution in [2.75, 3.05) is 13.2 Å². The Balaban J connectivity index is 3.85. The molecule has 0 bridgehead atoms. The number of hydrogen-bond acceptors (Lipinski definition) is 3. The maximum atomic E-state index is 8.86. The fourth-order valence-corrected chi connectivity index (χ4v) is 1.37. The Morgan fingerprint density at radius 3 is 2.44 bits per heavy atom. The van der Waals surface area contributed by atoms with Crippen LogP contribution in [0.4, 0.5) is 0 Å². The Hall–Kier alpha value is -0.900. The maximum absolute atomic E-state index is 8.86. The van der Waals surface area contributed by atoms with E-state index in [1.165, 1.54) is 6.42 Å². The summed E-state index contributed by atoms with van der Waals surface area (Å²) in [5.41, 5.74) is 8.21. The zero-order valence-electron chi connectivity index (χ0n) is 11.0. The summed E-state index contributed by atoms with van der Waals surface area (Å²) < 4.78 is 0. The monoisotopic (exact) mass is 227 g/mol. The van der Waals surface area contributed by atoms with Crippen molar-refractivity contribution in [3.63, 3.8) is 0 Å². The summed E-state index contributed by atoms with van der Waals surface area (Å²) in [6, 6.07) is 0. The van der Waals surface area contributed by atoms with Crippen molar-refractivity contribution in [2.24, 2.45) is 10.6 Å². The van der Waals surface area contributed by atoms with E-state index < -0.39 is 0 Å². The summed E-state index contributed by atoms with van der Waals surface area (Å²) >= 11 is 0. The molecule has 0 aromatic rings. The minimum atomic E-state index is 0.0218. The van der Waals surface area contributed by atoms with Gasteiger partial charge in [0.1, 0.15) is 0 Å². The van der Waals surface area contributed by atoms with Crippen LogP contribution >= 0.6 is 0 Å². The third kappa shape index (κ3) is 8.41. The topological polar surface area (TPSA) is 59.7 Å². The molecule has 4 heteroatoms. The second-order valence-electron chi connectivity index (χ2n) is 5.41. The van der Waals surface area contributed by atoms with E-state index in [9.17, 15) is 0 Å². The second-order valence-corrected chi connectivity index (χ2v) is 5.41. The van der Waals surface area contributed by atoms with Crippen LogP contribution in [0.5, 0.6) is 0 Å². The van der Waals surface area contributed by atoms with Crippen LogP contribution in [0.3, 0.4) is 0 Å². The summed E-state index contributed by atoms with van der Waals surface area (Å²) in [7, 11) is 0. The third-order valence-electron chi connectivity index (χ3n) is 2.31. The minimum absolute atomic E-state index is 0.0218. The number of unbranched alkanes of at least 4 members (excludes halogenated alkanes) is 1. The van der Waals surface area contributed by atoms with E-state index >= 15 is 0 Å². The van der Waals surface area contributed by atoms with Crippen molar-refractivity contribution < 1.29 is 5.11 Å². The highest BCUT2D eigenvalue weighted by Crippen LogP contribution is 2.21. The predicted molar refractivity (Wildman–Crippen MR) is 66.0 cm³/mol. The molecule has 94 valence electrons. The molecule has 0 saturated carbocycles. The average molecular weight is 227 g/mol. The lowest BCUT2D eigenvalue weighted by molar-refractivity contribution is 0.303. The SMILES string of the molecule is C/C(=C\N(CCCCC(C)(C)C)N=N)CO. The van der Waals surface area contributed by atoms with Crippen LogP contribution in [0.2, 0.25) is 0 Å². The van der Waals surface area contributed by atoms with Gasteiger partial charge in [-0.1, -0.05) is 32.4 Å². The predicted octanol–water partition coefficient (Wildman–Crippen LogP) is 3.35. The fraction of sp³-hybridized carbons (Fsp3) is 0.833. The van der Waals surface area contributed by atoms with E-state index in [1.54, 1.807) is 11.2 Å². The summed E-state index contributed by atoms with van der Waals surface area (Å²) in [6.45, 7) is 9.29. The van der Waals surface area contributed by atoms with Crippen LogP contribution in [0.15, 0.2) is 17.0 Å². The van der Waals surface area contributed by atoms with Gasteiger partial charge in [0.25, 0.3) is 0 Å². The molecule has 0 aromatic heterocycles. The highest BCUT2D eigenvalue weighted by Gasteiger charge is 2.09. The Morgan fingerprint density at radius 1 is 1.38 bits per heavy atom. The molecule has 0 radical (unpaired) electrons. The maximum Gasteiger partial charge on any atom is 0.0656 e. The van der Waals surface area contributed by atoms with Crippen LogP contribution in [0.25, 0.3) is 0 Å². The van der Waals surface area contributed by atoms with Gasteiger partial charge in [-0.3, -0.25) is 5.01 Å². The van der Waals surface area contributed by atoms with Gasteiger partial charge in [-0.2, -0.15) is 5.53 Å². The molecule has 0 aliphatic carbocycles. The Bertz CT molecular complexity index is 231. The largest absolute Gasteiger partial charge is 0.392 e. The van der Waals surface area contributed by atoms with E-state index in [2.05, 4.69) is 26.0 Å². The van der Waals surface area contributed by atoms with Crippen LogP contribution in [0.1, 0.15) is 47.0 Å². The van der Waals surface area contributed by atoms with Gasteiger partial charge in [0.05, 0.1) is 6.61 Å². The minimum Gasteiger partial charge on any atom is -0.392 e. The summed E-state index contributed by atoms with van der Waals surface area (Å²) in [6.07, 6.45) is 5.07. The zero-order valence-corrected chi connectivity index (χ0v) is 11.0. The molecule has 0 aliphatic rings. The first-order valence-corrected chi connectivity index (χ1v) is 5.81. The van der Waals surface area contributed by atoms with Crippen LogP contribution in [-0.4, -0.2) is 23.3 Å². The molecule has 0 fully saturated rings. The highest BCUT2D eigenvalue weighted by atomic mass is 16.3. The van der Waals surface area contributed by atoms with Crippen molar-refractivity contribution in [3.8, 4) is 0 Å². The lowest BCUT2D eigenvalue weighted by Crippen LogP contribution is -2.13. The summed E-state index contributed by atoms with van der Waals surface area (Å²) in [5, 5.41) is 13.8. The van der Waals surface area contributed by atoms with Gasteiger partial charge in [-0.05, 0) is 30.8 Å². The Morgan fingerprint density at radius 2 is 2.00 bits per heavy atom. The van der Waals surface area contributed by atoms with Crippen molar-refractivity contribution >= 4 is 0 Å². The van der Waals surface area contributed by atoms with Gasteiger partial charge in [0.15, 0.2) is 0 Å². The van der Waals surface area contributed by atoms with E-state index in [4.69, 9.17) is 10.6 Å². The standard InChI is InChI=1S/C12H25N3O/c1-11(10-16)9-15(14-13)8-6-5-7-12(2,3)4/h9,13,16H,5-8,10H2,1-4H3/b11-9+,14-13?. The van der Waals surface area contributed by atoms with Crippen LogP contribution < -0.4 is 0 Å². The van der Waals surface area contributed by atoms with Crippen LogP contribution in [0, 0.1) is 10.9 Å². The molecule has 0 heterocycles. The average Bonchev–Trinajstić information content (AvgIpc) is 2.20.